The van der Waals surface area contributed by atoms with Crippen molar-refractivity contribution in [3.8, 4) is 0 Å². The smallest absolute Gasteiger partial charge is 0.408 e. The van der Waals surface area contributed by atoms with Crippen LogP contribution in [0.15, 0.2) is 0 Å². The molecule has 0 aromatic heterocycles. The molecule has 0 aliphatic heterocycles. The van der Waals surface area contributed by atoms with Crippen LogP contribution in [0.3, 0.4) is 0 Å². The van der Waals surface area contributed by atoms with E-state index in [1.165, 1.54) is 12.8 Å². The maximum atomic E-state index is 11.9. The van der Waals surface area contributed by atoms with Crippen LogP contribution in [0, 0.1) is 5.41 Å². The summed E-state index contributed by atoms with van der Waals surface area (Å²) in [6, 6.07) is -0.623. The molecule has 0 heterocycles. The third-order valence-corrected chi connectivity index (χ3v) is 3.40. The molecule has 1 N–H and O–H groups in total. The molecule has 0 saturated heterocycles. The fourth-order valence-electron chi connectivity index (χ4n) is 1.90. The quantitative estimate of drug-likeness (QED) is 0.762. The van der Waals surface area contributed by atoms with E-state index in [2.05, 4.69) is 12.2 Å². The van der Waals surface area contributed by atoms with Crippen LogP contribution >= 0.6 is 0 Å². The Morgan fingerprint density at radius 1 is 1.30 bits per heavy atom. The Labute approximate surface area is 121 Å². The summed E-state index contributed by atoms with van der Waals surface area (Å²) in [6.07, 6.45) is 3.31. The van der Waals surface area contributed by atoms with E-state index >= 15 is 0 Å². The molecule has 116 valence electrons. The Hall–Kier alpha value is -1.26. The van der Waals surface area contributed by atoms with Crippen molar-refractivity contribution in [3.05, 3.63) is 0 Å². The van der Waals surface area contributed by atoms with Gasteiger partial charge in [-0.1, -0.05) is 6.92 Å². The van der Waals surface area contributed by atoms with Crippen molar-refractivity contribution < 1.29 is 19.1 Å². The highest BCUT2D eigenvalue weighted by Gasteiger charge is 2.38. The second kappa shape index (κ2) is 6.46. The van der Waals surface area contributed by atoms with Gasteiger partial charge >= 0.3 is 12.1 Å². The molecular weight excluding hydrogens is 258 g/mol. The summed E-state index contributed by atoms with van der Waals surface area (Å²) >= 11 is 0. The minimum absolute atomic E-state index is 0.308. The van der Waals surface area contributed by atoms with Crippen LogP contribution in [0.5, 0.6) is 0 Å². The predicted octanol–water partition coefficient (Wildman–Crippen LogP) is 3.02. The van der Waals surface area contributed by atoms with Gasteiger partial charge in [0.1, 0.15) is 11.6 Å². The molecule has 0 aromatic rings. The largest absolute Gasteiger partial charge is 0.464 e. The molecule has 1 atom stereocenters. The molecule has 1 aliphatic rings. The average Bonchev–Trinajstić information content (AvgIpc) is 3.01. The zero-order valence-electron chi connectivity index (χ0n) is 13.2. The summed E-state index contributed by atoms with van der Waals surface area (Å²) < 4.78 is 10.2. The van der Waals surface area contributed by atoms with Crippen LogP contribution < -0.4 is 5.32 Å². The number of rotatable bonds is 6. The van der Waals surface area contributed by atoms with Gasteiger partial charge in [-0.05, 0) is 58.8 Å². The Morgan fingerprint density at radius 3 is 2.35 bits per heavy atom. The highest BCUT2D eigenvalue weighted by Crippen LogP contribution is 2.49. The van der Waals surface area contributed by atoms with Crippen molar-refractivity contribution in [2.24, 2.45) is 5.41 Å². The normalized spacial score (nSPS) is 18.1. The number of carbonyl (C=O) groups is 2. The number of amides is 1. The molecule has 5 nitrogen and oxygen atoms in total. The van der Waals surface area contributed by atoms with Gasteiger partial charge in [-0.2, -0.15) is 0 Å². The molecular formula is C15H27NO4. The molecule has 1 fully saturated rings. The van der Waals surface area contributed by atoms with E-state index in [-0.39, 0.29) is 5.97 Å². The van der Waals surface area contributed by atoms with Gasteiger partial charge in [0, 0.05) is 0 Å². The van der Waals surface area contributed by atoms with Crippen molar-refractivity contribution >= 4 is 12.1 Å². The molecule has 0 spiro atoms. The molecule has 5 heteroatoms. The molecule has 0 unspecified atom stereocenters. The average molecular weight is 285 g/mol. The summed E-state index contributed by atoms with van der Waals surface area (Å²) in [6.45, 7) is 9.63. The van der Waals surface area contributed by atoms with E-state index in [0.29, 0.717) is 18.4 Å². The highest BCUT2D eigenvalue weighted by atomic mass is 16.6. The lowest BCUT2D eigenvalue weighted by atomic mass is 9.99. The fourth-order valence-corrected chi connectivity index (χ4v) is 1.90. The van der Waals surface area contributed by atoms with E-state index in [1.807, 2.05) is 0 Å². The minimum Gasteiger partial charge on any atom is -0.464 e. The summed E-state index contributed by atoms with van der Waals surface area (Å²) in [5.41, 5.74) is -0.244. The first-order chi connectivity index (χ1) is 9.15. The second-order valence-corrected chi connectivity index (χ2v) is 6.80. The predicted molar refractivity (Wildman–Crippen MR) is 76.4 cm³/mol. The van der Waals surface area contributed by atoms with Gasteiger partial charge in [0.2, 0.25) is 0 Å². The zero-order chi connectivity index (χ0) is 15.4. The first kappa shape index (κ1) is 16.8. The topological polar surface area (TPSA) is 64.6 Å². The SMILES string of the molecule is CCOC(=O)[C@@H](CCC1(C)CC1)NC(=O)OC(C)(C)C. The standard InChI is InChI=1S/C15H27NO4/c1-6-19-12(17)11(7-8-15(5)9-10-15)16-13(18)20-14(2,3)4/h11H,6-10H2,1-5H3,(H,16,18)/t11-/m1/s1. The Morgan fingerprint density at radius 2 is 1.90 bits per heavy atom. The Kier molecular flexibility index (Phi) is 5.42. The third-order valence-electron chi connectivity index (χ3n) is 3.40. The molecule has 0 aromatic carbocycles. The Bertz CT molecular complexity index is 355. The van der Waals surface area contributed by atoms with Crippen LogP contribution in [0.4, 0.5) is 4.79 Å². The molecule has 0 bridgehead atoms. The van der Waals surface area contributed by atoms with Crippen molar-refractivity contribution in [1.82, 2.24) is 5.32 Å². The summed E-state index contributed by atoms with van der Waals surface area (Å²) in [5, 5.41) is 2.62. The first-order valence-electron chi connectivity index (χ1n) is 7.31. The molecule has 1 amide bonds. The van der Waals surface area contributed by atoms with E-state index in [4.69, 9.17) is 9.47 Å². The number of ether oxygens (including phenoxy) is 2. The van der Waals surface area contributed by atoms with Crippen LogP contribution in [0.25, 0.3) is 0 Å². The van der Waals surface area contributed by atoms with Crippen molar-refractivity contribution in [2.45, 2.75) is 71.9 Å². The third kappa shape index (κ3) is 6.26. The monoisotopic (exact) mass is 285 g/mol. The van der Waals surface area contributed by atoms with Crippen molar-refractivity contribution in [2.75, 3.05) is 6.61 Å². The van der Waals surface area contributed by atoms with Gasteiger partial charge in [0.15, 0.2) is 0 Å². The van der Waals surface area contributed by atoms with E-state index in [1.54, 1.807) is 27.7 Å². The fraction of sp³-hybridized carbons (Fsp3) is 0.867. The molecule has 0 radical (unpaired) electrons. The number of hydrogen-bond acceptors (Lipinski definition) is 4. The molecule has 1 aliphatic carbocycles. The number of alkyl carbamates (subject to hydrolysis) is 1. The number of carbonyl (C=O) groups excluding carboxylic acids is 2. The highest BCUT2D eigenvalue weighted by molar-refractivity contribution is 5.81. The van der Waals surface area contributed by atoms with Crippen molar-refractivity contribution in [1.29, 1.82) is 0 Å². The molecule has 1 saturated carbocycles. The van der Waals surface area contributed by atoms with E-state index in [0.717, 1.165) is 6.42 Å². The van der Waals surface area contributed by atoms with Crippen LogP contribution in [0.1, 0.15) is 60.3 Å². The van der Waals surface area contributed by atoms with Gasteiger partial charge in [-0.25, -0.2) is 9.59 Å². The lowest BCUT2D eigenvalue weighted by Crippen LogP contribution is -2.44. The second-order valence-electron chi connectivity index (χ2n) is 6.80. The van der Waals surface area contributed by atoms with Crippen LogP contribution in [-0.4, -0.2) is 30.3 Å². The lowest BCUT2D eigenvalue weighted by molar-refractivity contribution is -0.145. The summed E-state index contributed by atoms with van der Waals surface area (Å²) in [4.78, 5) is 23.7. The van der Waals surface area contributed by atoms with Crippen LogP contribution in [0.2, 0.25) is 0 Å². The maximum absolute atomic E-state index is 11.9. The van der Waals surface area contributed by atoms with Gasteiger partial charge in [0.05, 0.1) is 6.61 Å². The minimum atomic E-state index is -0.623. The van der Waals surface area contributed by atoms with E-state index < -0.39 is 17.7 Å². The van der Waals surface area contributed by atoms with Crippen LogP contribution in [-0.2, 0) is 14.3 Å². The summed E-state index contributed by atoms with van der Waals surface area (Å²) in [5.74, 6) is -0.386. The van der Waals surface area contributed by atoms with Gasteiger partial charge < -0.3 is 14.8 Å². The zero-order valence-corrected chi connectivity index (χ0v) is 13.2. The number of nitrogens with one attached hydrogen (secondary N) is 1. The maximum Gasteiger partial charge on any atom is 0.408 e. The number of hydrogen-bond donors (Lipinski definition) is 1. The molecule has 1 rings (SSSR count). The van der Waals surface area contributed by atoms with Crippen molar-refractivity contribution in [3.63, 3.8) is 0 Å². The Balaban J connectivity index is 2.52. The van der Waals surface area contributed by atoms with E-state index in [9.17, 15) is 9.59 Å². The van der Waals surface area contributed by atoms with Gasteiger partial charge in [-0.15, -0.1) is 0 Å². The van der Waals surface area contributed by atoms with Gasteiger partial charge in [-0.3, -0.25) is 0 Å². The van der Waals surface area contributed by atoms with Gasteiger partial charge in [0.25, 0.3) is 0 Å². The lowest BCUT2D eigenvalue weighted by Gasteiger charge is -2.23. The first-order valence-corrected chi connectivity index (χ1v) is 7.31. The summed E-state index contributed by atoms with van der Waals surface area (Å²) in [7, 11) is 0. The molecule has 20 heavy (non-hydrogen) atoms. The number of esters is 1.